The van der Waals surface area contributed by atoms with E-state index in [9.17, 15) is 8.42 Å². The summed E-state index contributed by atoms with van der Waals surface area (Å²) in [6.07, 6.45) is 0.891. The maximum atomic E-state index is 12.5. The molecule has 1 aromatic rings. The molecule has 4 nitrogen and oxygen atoms in total. The molecule has 0 fully saturated rings. The molecule has 120 valence electrons. The molecule has 2 unspecified atom stereocenters. The second kappa shape index (κ2) is 7.92. The number of likely N-dealkylation sites (N-methyl/N-ethyl adjacent to an activating group) is 1. The van der Waals surface area contributed by atoms with E-state index in [1.165, 1.54) is 0 Å². The van der Waals surface area contributed by atoms with E-state index < -0.39 is 10.0 Å². The van der Waals surface area contributed by atoms with Crippen LogP contribution in [0.15, 0.2) is 29.2 Å². The molecule has 1 aromatic carbocycles. The van der Waals surface area contributed by atoms with E-state index in [4.69, 9.17) is 0 Å². The molecule has 2 atom stereocenters. The van der Waals surface area contributed by atoms with Gasteiger partial charge in [0.15, 0.2) is 0 Å². The average molecular weight is 312 g/mol. The lowest BCUT2D eigenvalue weighted by Gasteiger charge is -2.26. The van der Waals surface area contributed by atoms with Crippen LogP contribution in [0.4, 0.5) is 0 Å². The van der Waals surface area contributed by atoms with Crippen molar-refractivity contribution in [1.29, 1.82) is 0 Å². The zero-order valence-corrected chi connectivity index (χ0v) is 14.5. The van der Waals surface area contributed by atoms with Crippen LogP contribution in [0.2, 0.25) is 0 Å². The molecule has 0 heterocycles. The summed E-state index contributed by atoms with van der Waals surface area (Å²) >= 11 is 0. The van der Waals surface area contributed by atoms with Gasteiger partial charge in [0.05, 0.1) is 4.90 Å². The summed E-state index contributed by atoms with van der Waals surface area (Å²) in [5, 5.41) is 3.40. The molecule has 0 aliphatic heterocycles. The summed E-state index contributed by atoms with van der Waals surface area (Å²) in [7, 11) is -3.47. The van der Waals surface area contributed by atoms with Crippen molar-refractivity contribution in [1.82, 2.24) is 10.0 Å². The molecule has 0 saturated carbocycles. The zero-order chi connectivity index (χ0) is 16.0. The molecule has 0 amide bonds. The number of benzene rings is 1. The largest absolute Gasteiger partial charge is 0.314 e. The van der Waals surface area contributed by atoms with Gasteiger partial charge in [0.1, 0.15) is 0 Å². The summed E-state index contributed by atoms with van der Waals surface area (Å²) in [5.41, 5.74) is 0.890. The Bertz CT molecular complexity index is 541. The van der Waals surface area contributed by atoms with E-state index in [-0.39, 0.29) is 18.0 Å². The number of rotatable bonds is 8. The summed E-state index contributed by atoms with van der Waals surface area (Å²) in [4.78, 5) is 0.398. The van der Waals surface area contributed by atoms with E-state index in [0.717, 1.165) is 18.5 Å². The maximum absolute atomic E-state index is 12.5. The van der Waals surface area contributed by atoms with Crippen molar-refractivity contribution in [3.63, 3.8) is 0 Å². The highest BCUT2D eigenvalue weighted by Crippen LogP contribution is 2.29. The summed E-state index contributed by atoms with van der Waals surface area (Å²) in [6.45, 7) is 10.8. The van der Waals surface area contributed by atoms with Gasteiger partial charge in [0.25, 0.3) is 0 Å². The Balaban J connectivity index is 3.25. The molecule has 0 aromatic heterocycles. The van der Waals surface area contributed by atoms with Crippen molar-refractivity contribution in [2.45, 2.75) is 63.9 Å². The Hall–Kier alpha value is -0.910. The van der Waals surface area contributed by atoms with Gasteiger partial charge in [-0.05, 0) is 45.4 Å². The third-order valence-electron chi connectivity index (χ3n) is 3.57. The Morgan fingerprint density at radius 2 is 1.71 bits per heavy atom. The van der Waals surface area contributed by atoms with Gasteiger partial charge < -0.3 is 5.32 Å². The minimum absolute atomic E-state index is 0.116. The first-order chi connectivity index (χ1) is 9.83. The molecule has 0 bridgehead atoms. The minimum atomic E-state index is -3.47. The van der Waals surface area contributed by atoms with Gasteiger partial charge >= 0.3 is 0 Å². The Labute approximate surface area is 129 Å². The highest BCUT2D eigenvalue weighted by Gasteiger charge is 2.25. The predicted octanol–water partition coefficient (Wildman–Crippen LogP) is 2.86. The van der Waals surface area contributed by atoms with Gasteiger partial charge in [-0.15, -0.1) is 0 Å². The van der Waals surface area contributed by atoms with Crippen molar-refractivity contribution in [2.24, 2.45) is 0 Å². The molecule has 0 aliphatic rings. The molecule has 0 radical (unpaired) electrons. The summed E-state index contributed by atoms with van der Waals surface area (Å²) in [6, 6.07) is 7.43. The SMILES string of the molecule is CCNC(C)C(CC)c1ccccc1S(=O)(=O)NC(C)C. The third-order valence-corrected chi connectivity index (χ3v) is 5.30. The van der Waals surface area contributed by atoms with Crippen LogP contribution in [0.25, 0.3) is 0 Å². The van der Waals surface area contributed by atoms with E-state index in [2.05, 4.69) is 30.8 Å². The fourth-order valence-electron chi connectivity index (χ4n) is 2.71. The van der Waals surface area contributed by atoms with Crippen LogP contribution in [-0.4, -0.2) is 27.0 Å². The van der Waals surface area contributed by atoms with Gasteiger partial charge in [-0.1, -0.05) is 32.0 Å². The highest BCUT2D eigenvalue weighted by molar-refractivity contribution is 7.89. The topological polar surface area (TPSA) is 58.2 Å². The molecule has 5 heteroatoms. The van der Waals surface area contributed by atoms with Crippen LogP contribution in [0, 0.1) is 0 Å². The molecule has 0 spiro atoms. The number of sulfonamides is 1. The normalized spacial score (nSPS) is 15.1. The van der Waals surface area contributed by atoms with Crippen molar-refractivity contribution >= 4 is 10.0 Å². The monoisotopic (exact) mass is 312 g/mol. The van der Waals surface area contributed by atoms with Gasteiger partial charge in [-0.25, -0.2) is 13.1 Å². The number of hydrogen-bond donors (Lipinski definition) is 2. The molecule has 2 N–H and O–H groups in total. The van der Waals surface area contributed by atoms with Gasteiger partial charge in [0, 0.05) is 18.0 Å². The maximum Gasteiger partial charge on any atom is 0.241 e. The van der Waals surface area contributed by atoms with Crippen LogP contribution in [-0.2, 0) is 10.0 Å². The second-order valence-corrected chi connectivity index (χ2v) is 7.36. The summed E-state index contributed by atoms with van der Waals surface area (Å²) < 4.78 is 27.7. The van der Waals surface area contributed by atoms with E-state index >= 15 is 0 Å². The van der Waals surface area contributed by atoms with Crippen LogP contribution in [0.1, 0.15) is 52.5 Å². The average Bonchev–Trinajstić information content (AvgIpc) is 2.39. The molecule has 0 aliphatic carbocycles. The Kier molecular flexibility index (Phi) is 6.84. The van der Waals surface area contributed by atoms with Crippen LogP contribution in [0.5, 0.6) is 0 Å². The van der Waals surface area contributed by atoms with Crippen LogP contribution >= 0.6 is 0 Å². The smallest absolute Gasteiger partial charge is 0.241 e. The Morgan fingerprint density at radius 1 is 1.10 bits per heavy atom. The molecular weight excluding hydrogens is 284 g/mol. The van der Waals surface area contributed by atoms with Crippen LogP contribution < -0.4 is 10.0 Å². The lowest BCUT2D eigenvalue weighted by molar-refractivity contribution is 0.454. The predicted molar refractivity (Wildman–Crippen MR) is 88.1 cm³/mol. The number of nitrogens with one attached hydrogen (secondary N) is 2. The van der Waals surface area contributed by atoms with Crippen molar-refractivity contribution < 1.29 is 8.42 Å². The first-order valence-electron chi connectivity index (χ1n) is 7.68. The first kappa shape index (κ1) is 18.1. The number of hydrogen-bond acceptors (Lipinski definition) is 3. The third kappa shape index (κ3) is 4.80. The van der Waals surface area contributed by atoms with Crippen molar-refractivity contribution in [3.8, 4) is 0 Å². The fourth-order valence-corrected chi connectivity index (χ4v) is 4.25. The zero-order valence-electron chi connectivity index (χ0n) is 13.7. The highest BCUT2D eigenvalue weighted by atomic mass is 32.2. The van der Waals surface area contributed by atoms with E-state index in [1.807, 2.05) is 26.0 Å². The standard InChI is InChI=1S/C16H28N2O2S/c1-6-14(13(5)17-7-2)15-10-8-9-11-16(15)21(19,20)18-12(3)4/h8-14,17-18H,6-7H2,1-5H3. The lowest BCUT2D eigenvalue weighted by Crippen LogP contribution is -2.34. The molecule has 21 heavy (non-hydrogen) atoms. The van der Waals surface area contributed by atoms with E-state index in [0.29, 0.717) is 4.90 Å². The summed E-state index contributed by atoms with van der Waals surface area (Å²) in [5.74, 6) is 0.171. The Morgan fingerprint density at radius 3 is 2.24 bits per heavy atom. The second-order valence-electron chi connectivity index (χ2n) is 5.67. The van der Waals surface area contributed by atoms with Gasteiger partial charge in [-0.3, -0.25) is 0 Å². The fraction of sp³-hybridized carbons (Fsp3) is 0.625. The lowest BCUT2D eigenvalue weighted by atomic mass is 9.90. The molecule has 1 rings (SSSR count). The van der Waals surface area contributed by atoms with Crippen LogP contribution in [0.3, 0.4) is 0 Å². The van der Waals surface area contributed by atoms with Crippen molar-refractivity contribution in [2.75, 3.05) is 6.54 Å². The first-order valence-corrected chi connectivity index (χ1v) is 9.16. The minimum Gasteiger partial charge on any atom is -0.314 e. The van der Waals surface area contributed by atoms with E-state index in [1.54, 1.807) is 12.1 Å². The quantitative estimate of drug-likeness (QED) is 0.776. The van der Waals surface area contributed by atoms with Crippen molar-refractivity contribution in [3.05, 3.63) is 29.8 Å². The van der Waals surface area contributed by atoms with Gasteiger partial charge in [0.2, 0.25) is 10.0 Å². The van der Waals surface area contributed by atoms with Gasteiger partial charge in [-0.2, -0.15) is 0 Å². The molecule has 0 saturated heterocycles. The molecular formula is C16H28N2O2S.